The highest BCUT2D eigenvalue weighted by Gasteiger charge is 2.22. The lowest BCUT2D eigenvalue weighted by atomic mass is 10.1. The van der Waals surface area contributed by atoms with Crippen molar-refractivity contribution in [3.8, 4) is 22.8 Å². The number of carbonyl (C=O) groups excluding carboxylic acids is 1. The van der Waals surface area contributed by atoms with Gasteiger partial charge in [0.25, 0.3) is 0 Å². The molecule has 2 heterocycles. The van der Waals surface area contributed by atoms with Crippen LogP contribution in [0.1, 0.15) is 23.0 Å². The van der Waals surface area contributed by atoms with Gasteiger partial charge in [0.1, 0.15) is 28.2 Å². The topological polar surface area (TPSA) is 134 Å². The van der Waals surface area contributed by atoms with Crippen LogP contribution in [0.5, 0.6) is 11.5 Å². The molecule has 0 aliphatic heterocycles. The minimum Gasteiger partial charge on any atom is -0.457 e. The second-order valence-electron chi connectivity index (χ2n) is 9.89. The van der Waals surface area contributed by atoms with Crippen LogP contribution in [-0.4, -0.2) is 26.2 Å². The van der Waals surface area contributed by atoms with Crippen LogP contribution in [-0.2, 0) is 13.0 Å². The number of nitrogens with one attached hydrogen (secondary N) is 4. The Labute approximate surface area is 257 Å². The van der Waals surface area contributed by atoms with E-state index in [1.807, 2.05) is 78.9 Å². The summed E-state index contributed by atoms with van der Waals surface area (Å²) < 4.78 is 6.04. The summed E-state index contributed by atoms with van der Waals surface area (Å²) in [5.74, 6) is 2.21. The molecule has 6 rings (SSSR count). The molecule has 216 valence electrons. The van der Waals surface area contributed by atoms with E-state index in [0.717, 1.165) is 27.6 Å². The number of imidazole rings is 1. The number of rotatable bonds is 9. The first-order valence-corrected chi connectivity index (χ1v) is 14.3. The Morgan fingerprint density at radius 1 is 0.953 bits per heavy atom. The molecule has 0 bridgehead atoms. The molecule has 0 aliphatic carbocycles. The first kappa shape index (κ1) is 28.1. The van der Waals surface area contributed by atoms with E-state index >= 15 is 0 Å². The Morgan fingerprint density at radius 3 is 2.51 bits per heavy atom. The summed E-state index contributed by atoms with van der Waals surface area (Å²) in [6, 6.07) is 29.3. The van der Waals surface area contributed by atoms with Crippen LogP contribution in [0.4, 0.5) is 10.6 Å². The average Bonchev–Trinajstić information content (AvgIpc) is 3.59. The SMILES string of the molecule is Nc1n[nH]c2cc(-c3nc([C@H](Cc4ccccc4)NC(=O)NCc4cc(Cl)ccc4Oc4ccccc4)[nH]c3Cl)ccc12. The fourth-order valence-corrected chi connectivity index (χ4v) is 5.21. The number of hydrogen-bond donors (Lipinski definition) is 5. The van der Waals surface area contributed by atoms with Crippen LogP contribution in [0.25, 0.3) is 22.2 Å². The molecular weight excluding hydrogens is 585 g/mol. The van der Waals surface area contributed by atoms with Gasteiger partial charge in [0, 0.05) is 28.1 Å². The number of ether oxygens (including phenoxy) is 1. The highest BCUT2D eigenvalue weighted by molar-refractivity contribution is 6.32. The van der Waals surface area contributed by atoms with Gasteiger partial charge in [0.15, 0.2) is 5.82 Å². The van der Waals surface area contributed by atoms with Gasteiger partial charge < -0.3 is 26.1 Å². The molecule has 9 nitrogen and oxygen atoms in total. The Morgan fingerprint density at radius 2 is 1.72 bits per heavy atom. The van der Waals surface area contributed by atoms with Crippen LogP contribution in [0.15, 0.2) is 97.1 Å². The minimum atomic E-state index is -0.514. The fraction of sp³-hybridized carbons (Fsp3) is 0.0938. The molecule has 0 fully saturated rings. The third-order valence-corrected chi connectivity index (χ3v) is 7.40. The molecule has 11 heteroatoms. The molecule has 0 spiro atoms. The standard InChI is InChI=1S/C32H27Cl2N7O2/c33-22-12-14-27(43-23-9-5-2-6-10-23)21(16-22)18-36-32(42)37-26(15-19-7-3-1-4-8-19)31-38-28(29(34)39-31)20-11-13-24-25(17-20)40-41-30(24)35/h1-14,16-17,26H,15,18H2,(H,38,39)(H3,35,40,41)(H2,36,37,42)/t26-/m0/s1. The summed E-state index contributed by atoms with van der Waals surface area (Å²) in [5, 5.41) is 14.7. The normalized spacial score (nSPS) is 11.8. The number of nitrogen functional groups attached to an aromatic ring is 1. The molecule has 6 aromatic rings. The lowest BCUT2D eigenvalue weighted by Gasteiger charge is -2.18. The summed E-state index contributed by atoms with van der Waals surface area (Å²) in [4.78, 5) is 21.2. The maximum atomic E-state index is 13.3. The van der Waals surface area contributed by atoms with Gasteiger partial charge in [-0.2, -0.15) is 5.10 Å². The first-order valence-electron chi connectivity index (χ1n) is 13.5. The van der Waals surface area contributed by atoms with Crippen molar-refractivity contribution in [1.29, 1.82) is 0 Å². The lowest BCUT2D eigenvalue weighted by Crippen LogP contribution is -2.38. The van der Waals surface area contributed by atoms with Gasteiger partial charge in [-0.1, -0.05) is 77.8 Å². The number of hydrogen-bond acceptors (Lipinski definition) is 5. The maximum Gasteiger partial charge on any atom is 0.315 e. The van der Waals surface area contributed by atoms with Gasteiger partial charge in [-0.15, -0.1) is 0 Å². The van der Waals surface area contributed by atoms with Gasteiger partial charge in [-0.3, -0.25) is 5.10 Å². The monoisotopic (exact) mass is 611 g/mol. The number of aromatic amines is 2. The Balaban J connectivity index is 1.22. The summed E-state index contributed by atoms with van der Waals surface area (Å²) in [5.41, 5.74) is 9.76. The maximum absolute atomic E-state index is 13.3. The molecule has 43 heavy (non-hydrogen) atoms. The van der Waals surface area contributed by atoms with Gasteiger partial charge >= 0.3 is 6.03 Å². The van der Waals surface area contributed by atoms with E-state index in [-0.39, 0.29) is 6.54 Å². The van der Waals surface area contributed by atoms with E-state index in [2.05, 4.69) is 25.8 Å². The number of urea groups is 1. The zero-order valence-corrected chi connectivity index (χ0v) is 24.3. The minimum absolute atomic E-state index is 0.185. The average molecular weight is 613 g/mol. The number of amides is 2. The number of benzene rings is 4. The molecular formula is C32H27Cl2N7O2. The lowest BCUT2D eigenvalue weighted by molar-refractivity contribution is 0.236. The largest absolute Gasteiger partial charge is 0.457 e. The second-order valence-corrected chi connectivity index (χ2v) is 10.7. The van der Waals surface area contributed by atoms with E-state index < -0.39 is 12.1 Å². The number of H-pyrrole nitrogens is 2. The molecule has 6 N–H and O–H groups in total. The Bertz CT molecular complexity index is 1870. The van der Waals surface area contributed by atoms with Gasteiger partial charge in [0.2, 0.25) is 0 Å². The fourth-order valence-electron chi connectivity index (χ4n) is 4.77. The van der Waals surface area contributed by atoms with Crippen molar-refractivity contribution in [2.75, 3.05) is 5.73 Å². The van der Waals surface area contributed by atoms with Gasteiger partial charge in [-0.25, -0.2) is 9.78 Å². The van der Waals surface area contributed by atoms with Crippen LogP contribution in [0.3, 0.4) is 0 Å². The van der Waals surface area contributed by atoms with Crippen LogP contribution < -0.4 is 21.1 Å². The van der Waals surface area contributed by atoms with Crippen molar-refractivity contribution >= 4 is 46.0 Å². The molecule has 0 aliphatic rings. The highest BCUT2D eigenvalue weighted by Crippen LogP contribution is 2.32. The highest BCUT2D eigenvalue weighted by atomic mass is 35.5. The van der Waals surface area contributed by atoms with E-state index in [9.17, 15) is 4.79 Å². The van der Waals surface area contributed by atoms with Crippen molar-refractivity contribution < 1.29 is 9.53 Å². The molecule has 4 aromatic carbocycles. The third kappa shape index (κ3) is 6.58. The molecule has 2 aromatic heterocycles. The van der Waals surface area contributed by atoms with Crippen LogP contribution >= 0.6 is 23.2 Å². The van der Waals surface area contributed by atoms with E-state index in [4.69, 9.17) is 38.7 Å². The number of halogens is 2. The van der Waals surface area contributed by atoms with Gasteiger partial charge in [-0.05, 0) is 54.4 Å². The summed E-state index contributed by atoms with van der Waals surface area (Å²) in [6.45, 7) is 0.185. The zero-order chi connectivity index (χ0) is 29.8. The Hall–Kier alpha value is -4.99. The van der Waals surface area contributed by atoms with Crippen molar-refractivity contribution in [3.63, 3.8) is 0 Å². The number of fused-ring (bicyclic) bond motifs is 1. The molecule has 0 saturated heterocycles. The predicted octanol–water partition coefficient (Wildman–Crippen LogP) is 7.42. The predicted molar refractivity (Wildman–Crippen MR) is 169 cm³/mol. The quantitative estimate of drug-likeness (QED) is 0.116. The Kier molecular flexibility index (Phi) is 8.17. The first-order chi connectivity index (χ1) is 20.9. The van der Waals surface area contributed by atoms with Gasteiger partial charge in [0.05, 0.1) is 11.6 Å². The smallest absolute Gasteiger partial charge is 0.315 e. The number of nitrogens with two attached hydrogens (primary N) is 1. The number of nitrogens with zero attached hydrogens (tertiary/aromatic N) is 2. The number of anilines is 1. The van der Waals surface area contributed by atoms with E-state index in [1.165, 1.54) is 0 Å². The van der Waals surface area contributed by atoms with Crippen LogP contribution in [0, 0.1) is 0 Å². The van der Waals surface area contributed by atoms with Crippen molar-refractivity contribution in [1.82, 2.24) is 30.8 Å². The van der Waals surface area contributed by atoms with Crippen molar-refractivity contribution in [3.05, 3.63) is 124 Å². The molecule has 0 unspecified atom stereocenters. The molecule has 1 atom stereocenters. The zero-order valence-electron chi connectivity index (χ0n) is 22.8. The molecule has 0 radical (unpaired) electrons. The van der Waals surface area contributed by atoms with Crippen LogP contribution in [0.2, 0.25) is 10.2 Å². The van der Waals surface area contributed by atoms with E-state index in [0.29, 0.717) is 45.4 Å². The summed E-state index contributed by atoms with van der Waals surface area (Å²) in [7, 11) is 0. The number of para-hydroxylation sites is 1. The number of aromatic nitrogens is 4. The second kappa shape index (κ2) is 12.5. The molecule has 2 amide bonds. The number of carbonyl (C=O) groups is 1. The summed E-state index contributed by atoms with van der Waals surface area (Å²) in [6.07, 6.45) is 0.479. The van der Waals surface area contributed by atoms with Crippen molar-refractivity contribution in [2.24, 2.45) is 0 Å². The molecule has 0 saturated carbocycles. The summed E-state index contributed by atoms with van der Waals surface area (Å²) >= 11 is 12.9. The van der Waals surface area contributed by atoms with E-state index in [1.54, 1.807) is 18.2 Å². The third-order valence-electron chi connectivity index (χ3n) is 6.89. The van der Waals surface area contributed by atoms with Crippen molar-refractivity contribution in [2.45, 2.75) is 19.0 Å².